The lowest BCUT2D eigenvalue weighted by Crippen LogP contribution is -2.39. The average Bonchev–Trinajstić information content (AvgIpc) is 2.83. The molecule has 5 heteroatoms. The molecule has 20 heavy (non-hydrogen) atoms. The van der Waals surface area contributed by atoms with E-state index < -0.39 is 5.60 Å². The maximum absolute atomic E-state index is 10.4. The Morgan fingerprint density at radius 3 is 2.45 bits per heavy atom. The van der Waals surface area contributed by atoms with Gasteiger partial charge in [-0.25, -0.2) is 9.97 Å². The van der Waals surface area contributed by atoms with Crippen LogP contribution in [0.25, 0.3) is 0 Å². The summed E-state index contributed by atoms with van der Waals surface area (Å²) in [5.74, 6) is 0.679. The number of anilines is 1. The fourth-order valence-corrected chi connectivity index (χ4v) is 2.66. The number of aromatic nitrogens is 2. The summed E-state index contributed by atoms with van der Waals surface area (Å²) in [5.41, 5.74) is 0.520. The summed E-state index contributed by atoms with van der Waals surface area (Å²) in [4.78, 5) is 10.7. The predicted octanol–water partition coefficient (Wildman–Crippen LogP) is 1.72. The van der Waals surface area contributed by atoms with Crippen molar-refractivity contribution in [2.75, 3.05) is 18.5 Å². The summed E-state index contributed by atoms with van der Waals surface area (Å²) in [5, 5.41) is 13.8. The SMILES string of the molecule is CC(C)NCc1cnc(N(C)CC2(O)CCCC2)nc1. The minimum absolute atomic E-state index is 0.453. The van der Waals surface area contributed by atoms with Crippen molar-refractivity contribution in [2.24, 2.45) is 0 Å². The van der Waals surface area contributed by atoms with Crippen molar-refractivity contribution in [1.29, 1.82) is 0 Å². The minimum Gasteiger partial charge on any atom is -0.388 e. The Hall–Kier alpha value is -1.20. The molecule has 0 spiro atoms. The van der Waals surface area contributed by atoms with E-state index >= 15 is 0 Å². The van der Waals surface area contributed by atoms with E-state index in [1.54, 1.807) is 0 Å². The average molecular weight is 278 g/mol. The summed E-state index contributed by atoms with van der Waals surface area (Å²) in [6.07, 6.45) is 7.71. The first-order valence-electron chi connectivity index (χ1n) is 7.46. The van der Waals surface area contributed by atoms with Crippen molar-refractivity contribution < 1.29 is 5.11 Å². The number of nitrogens with zero attached hydrogens (tertiary/aromatic N) is 3. The summed E-state index contributed by atoms with van der Waals surface area (Å²) < 4.78 is 0. The molecule has 1 aliphatic carbocycles. The number of aliphatic hydroxyl groups is 1. The molecule has 0 radical (unpaired) electrons. The molecule has 5 nitrogen and oxygen atoms in total. The van der Waals surface area contributed by atoms with Crippen LogP contribution >= 0.6 is 0 Å². The molecule has 2 N–H and O–H groups in total. The molecule has 0 amide bonds. The predicted molar refractivity (Wildman–Crippen MR) is 80.7 cm³/mol. The molecule has 112 valence electrons. The van der Waals surface area contributed by atoms with Crippen molar-refractivity contribution in [3.63, 3.8) is 0 Å². The van der Waals surface area contributed by atoms with Gasteiger partial charge >= 0.3 is 0 Å². The van der Waals surface area contributed by atoms with Gasteiger partial charge in [0.15, 0.2) is 0 Å². The molecule has 1 fully saturated rings. The van der Waals surface area contributed by atoms with Crippen molar-refractivity contribution in [1.82, 2.24) is 15.3 Å². The Balaban J connectivity index is 1.91. The van der Waals surface area contributed by atoms with E-state index in [4.69, 9.17) is 0 Å². The lowest BCUT2D eigenvalue weighted by atomic mass is 10.0. The molecule has 0 saturated heterocycles. The standard InChI is InChI=1S/C15H26N4O/c1-12(2)16-8-13-9-17-14(18-10-13)19(3)11-15(20)6-4-5-7-15/h9-10,12,16,20H,4-8,11H2,1-3H3. The van der Waals surface area contributed by atoms with Crippen LogP contribution < -0.4 is 10.2 Å². The second-order valence-electron chi connectivity index (χ2n) is 6.21. The molecule has 0 aliphatic heterocycles. The van der Waals surface area contributed by atoms with Crippen molar-refractivity contribution in [2.45, 2.75) is 57.7 Å². The molecule has 0 unspecified atom stereocenters. The van der Waals surface area contributed by atoms with Crippen molar-refractivity contribution >= 4 is 5.95 Å². The number of hydrogen-bond acceptors (Lipinski definition) is 5. The van der Waals surface area contributed by atoms with E-state index in [-0.39, 0.29) is 0 Å². The van der Waals surface area contributed by atoms with Gasteiger partial charge in [-0.05, 0) is 12.8 Å². The second kappa shape index (κ2) is 6.50. The fraction of sp³-hybridized carbons (Fsp3) is 0.733. The van der Waals surface area contributed by atoms with Gasteiger partial charge in [0.25, 0.3) is 0 Å². The van der Waals surface area contributed by atoms with Gasteiger partial charge in [0.05, 0.1) is 5.60 Å². The molecular formula is C15H26N4O. The van der Waals surface area contributed by atoms with E-state index in [1.165, 1.54) is 0 Å². The first-order valence-corrected chi connectivity index (χ1v) is 7.46. The Bertz CT molecular complexity index is 412. The maximum Gasteiger partial charge on any atom is 0.225 e. The normalized spacial score (nSPS) is 17.6. The monoisotopic (exact) mass is 278 g/mol. The van der Waals surface area contributed by atoms with Crippen molar-refractivity contribution in [3.8, 4) is 0 Å². The molecule has 0 aromatic carbocycles. The minimum atomic E-state index is -0.560. The highest BCUT2D eigenvalue weighted by Crippen LogP contribution is 2.30. The quantitative estimate of drug-likeness (QED) is 0.829. The number of hydrogen-bond donors (Lipinski definition) is 2. The van der Waals surface area contributed by atoms with Gasteiger partial charge in [-0.2, -0.15) is 0 Å². The van der Waals surface area contributed by atoms with Crippen LogP contribution in [0.3, 0.4) is 0 Å². The van der Waals surface area contributed by atoms with Gasteiger partial charge in [-0.15, -0.1) is 0 Å². The van der Waals surface area contributed by atoms with E-state index in [0.29, 0.717) is 18.5 Å². The maximum atomic E-state index is 10.4. The Morgan fingerprint density at radius 2 is 1.90 bits per heavy atom. The van der Waals surface area contributed by atoms with E-state index in [9.17, 15) is 5.11 Å². The Kier molecular flexibility index (Phi) is 4.94. The summed E-state index contributed by atoms with van der Waals surface area (Å²) in [6, 6.07) is 0.453. The van der Waals surface area contributed by atoms with Crippen LogP contribution in [0.15, 0.2) is 12.4 Å². The topological polar surface area (TPSA) is 61.3 Å². The first kappa shape index (κ1) is 15.2. The van der Waals surface area contributed by atoms with Gasteiger partial charge in [0.2, 0.25) is 5.95 Å². The first-order chi connectivity index (χ1) is 9.48. The smallest absolute Gasteiger partial charge is 0.225 e. The number of likely N-dealkylation sites (N-methyl/N-ethyl adjacent to an activating group) is 1. The molecule has 2 rings (SSSR count). The molecule has 0 bridgehead atoms. The zero-order valence-electron chi connectivity index (χ0n) is 12.8. The lowest BCUT2D eigenvalue weighted by Gasteiger charge is -2.28. The van der Waals surface area contributed by atoms with Crippen LogP contribution in [0.2, 0.25) is 0 Å². The third-order valence-electron chi connectivity index (χ3n) is 3.81. The summed E-state index contributed by atoms with van der Waals surface area (Å²) in [6.45, 7) is 5.62. The van der Waals surface area contributed by atoms with Crippen LogP contribution in [0.1, 0.15) is 45.1 Å². The lowest BCUT2D eigenvalue weighted by molar-refractivity contribution is 0.0556. The van der Waals surface area contributed by atoms with E-state index in [2.05, 4.69) is 29.1 Å². The zero-order chi connectivity index (χ0) is 14.6. The zero-order valence-corrected chi connectivity index (χ0v) is 12.8. The largest absolute Gasteiger partial charge is 0.388 e. The highest BCUT2D eigenvalue weighted by Gasteiger charge is 2.32. The Morgan fingerprint density at radius 1 is 1.30 bits per heavy atom. The highest BCUT2D eigenvalue weighted by atomic mass is 16.3. The van der Waals surface area contributed by atoms with Crippen LogP contribution in [-0.4, -0.2) is 40.3 Å². The van der Waals surface area contributed by atoms with Crippen LogP contribution in [-0.2, 0) is 6.54 Å². The van der Waals surface area contributed by atoms with Gasteiger partial charge in [-0.3, -0.25) is 0 Å². The third-order valence-corrected chi connectivity index (χ3v) is 3.81. The van der Waals surface area contributed by atoms with Gasteiger partial charge in [-0.1, -0.05) is 26.7 Å². The summed E-state index contributed by atoms with van der Waals surface area (Å²) >= 11 is 0. The van der Waals surface area contributed by atoms with Gasteiger partial charge < -0.3 is 15.3 Å². The number of rotatable bonds is 6. The fourth-order valence-electron chi connectivity index (χ4n) is 2.66. The van der Waals surface area contributed by atoms with Gasteiger partial charge in [0.1, 0.15) is 0 Å². The Labute approximate surface area is 121 Å². The third kappa shape index (κ3) is 4.15. The molecular weight excluding hydrogens is 252 g/mol. The van der Waals surface area contributed by atoms with E-state index in [0.717, 1.165) is 37.8 Å². The molecule has 1 heterocycles. The van der Waals surface area contributed by atoms with Crippen LogP contribution in [0.4, 0.5) is 5.95 Å². The van der Waals surface area contributed by atoms with Crippen LogP contribution in [0.5, 0.6) is 0 Å². The number of nitrogens with one attached hydrogen (secondary N) is 1. The van der Waals surface area contributed by atoms with Gasteiger partial charge in [0, 0.05) is 44.1 Å². The van der Waals surface area contributed by atoms with Crippen molar-refractivity contribution in [3.05, 3.63) is 18.0 Å². The highest BCUT2D eigenvalue weighted by molar-refractivity contribution is 5.29. The van der Waals surface area contributed by atoms with Crippen LogP contribution in [0, 0.1) is 0 Å². The molecule has 0 atom stereocenters. The molecule has 1 aromatic rings. The molecule has 1 aliphatic rings. The second-order valence-corrected chi connectivity index (χ2v) is 6.21. The molecule has 1 saturated carbocycles. The molecule has 1 aromatic heterocycles. The van der Waals surface area contributed by atoms with E-state index in [1.807, 2.05) is 24.3 Å². The summed E-state index contributed by atoms with van der Waals surface area (Å²) in [7, 11) is 1.94.